The molecule has 5 nitrogen and oxygen atoms in total. The van der Waals surface area contributed by atoms with Crippen molar-refractivity contribution in [2.75, 3.05) is 23.4 Å². The summed E-state index contributed by atoms with van der Waals surface area (Å²) < 4.78 is 37.1. The van der Waals surface area contributed by atoms with Gasteiger partial charge in [0.1, 0.15) is 5.82 Å². The summed E-state index contributed by atoms with van der Waals surface area (Å²) in [5.41, 5.74) is 7.34. The standard InChI is InChI=1S/C25H26FN3O2S/c1-17-5-7-20(13-23(17)24-8-6-19(26)14-27-24)28-25-4-2-3-18-15-29(11-9-22(18)25)21-10-12-32(30,31)16-21/h2-8,13-14,21,28H,9-12,15-16H2,1H3. The maximum atomic E-state index is 13.3. The Morgan fingerprint density at radius 3 is 2.78 bits per heavy atom. The first-order chi connectivity index (χ1) is 15.4. The van der Waals surface area contributed by atoms with Crippen molar-refractivity contribution in [3.05, 3.63) is 77.2 Å². The normalized spacial score (nSPS) is 20.1. The molecule has 2 aliphatic rings. The third-order valence-electron chi connectivity index (χ3n) is 6.54. The summed E-state index contributed by atoms with van der Waals surface area (Å²) in [7, 11) is -2.88. The van der Waals surface area contributed by atoms with Crippen LogP contribution >= 0.6 is 0 Å². The number of anilines is 2. The summed E-state index contributed by atoms with van der Waals surface area (Å²) in [4.78, 5) is 6.55. The van der Waals surface area contributed by atoms with E-state index in [1.807, 2.05) is 31.2 Å². The number of pyridine rings is 1. The third-order valence-corrected chi connectivity index (χ3v) is 8.29. The Kier molecular flexibility index (Phi) is 5.47. The largest absolute Gasteiger partial charge is 0.355 e. The van der Waals surface area contributed by atoms with Gasteiger partial charge in [-0.15, -0.1) is 0 Å². The molecule has 1 atom stereocenters. The lowest BCUT2D eigenvalue weighted by molar-refractivity contribution is 0.194. The van der Waals surface area contributed by atoms with Crippen molar-refractivity contribution in [1.29, 1.82) is 0 Å². The van der Waals surface area contributed by atoms with Crippen molar-refractivity contribution >= 4 is 21.2 Å². The molecule has 3 aromatic rings. The van der Waals surface area contributed by atoms with Crippen LogP contribution in [0.4, 0.5) is 15.8 Å². The summed E-state index contributed by atoms with van der Waals surface area (Å²) >= 11 is 0. The van der Waals surface area contributed by atoms with Gasteiger partial charge in [-0.3, -0.25) is 9.88 Å². The minimum atomic E-state index is -2.88. The first kappa shape index (κ1) is 21.1. The van der Waals surface area contributed by atoms with Crippen LogP contribution in [0.1, 0.15) is 23.1 Å². The Hall–Kier alpha value is -2.77. The summed E-state index contributed by atoms with van der Waals surface area (Å²) in [6, 6.07) is 15.7. The summed E-state index contributed by atoms with van der Waals surface area (Å²) in [5, 5.41) is 3.56. The lowest BCUT2D eigenvalue weighted by atomic mass is 9.96. The van der Waals surface area contributed by atoms with Crippen molar-refractivity contribution in [1.82, 2.24) is 9.88 Å². The van der Waals surface area contributed by atoms with Crippen molar-refractivity contribution in [2.45, 2.75) is 32.4 Å². The Bertz CT molecular complexity index is 1260. The number of fused-ring (bicyclic) bond motifs is 1. The highest BCUT2D eigenvalue weighted by Crippen LogP contribution is 2.33. The van der Waals surface area contributed by atoms with Gasteiger partial charge >= 0.3 is 0 Å². The second kappa shape index (κ2) is 8.30. The van der Waals surface area contributed by atoms with E-state index in [9.17, 15) is 12.8 Å². The summed E-state index contributed by atoms with van der Waals surface area (Å²) in [6.07, 6.45) is 2.86. The molecule has 1 N–H and O–H groups in total. The van der Waals surface area contributed by atoms with Crippen molar-refractivity contribution in [3.63, 3.8) is 0 Å². The molecule has 5 rings (SSSR count). The van der Waals surface area contributed by atoms with Crippen LogP contribution in [0.2, 0.25) is 0 Å². The van der Waals surface area contributed by atoms with E-state index in [1.165, 1.54) is 23.4 Å². The van der Waals surface area contributed by atoms with Crippen molar-refractivity contribution in [3.8, 4) is 11.3 Å². The van der Waals surface area contributed by atoms with E-state index in [0.29, 0.717) is 5.75 Å². The van der Waals surface area contributed by atoms with E-state index in [2.05, 4.69) is 27.3 Å². The van der Waals surface area contributed by atoms with Crippen molar-refractivity contribution < 1.29 is 12.8 Å². The number of aryl methyl sites for hydroxylation is 1. The molecule has 1 saturated heterocycles. The lowest BCUT2D eigenvalue weighted by Crippen LogP contribution is -2.40. The average Bonchev–Trinajstić information content (AvgIpc) is 3.15. The van der Waals surface area contributed by atoms with Gasteiger partial charge in [0.2, 0.25) is 0 Å². The minimum Gasteiger partial charge on any atom is -0.355 e. The Balaban J connectivity index is 1.38. The van der Waals surface area contributed by atoms with Crippen LogP contribution < -0.4 is 5.32 Å². The predicted molar refractivity (Wildman–Crippen MR) is 125 cm³/mol. The molecule has 0 spiro atoms. The number of sulfone groups is 1. The van der Waals surface area contributed by atoms with Gasteiger partial charge in [0, 0.05) is 36.1 Å². The Labute approximate surface area is 188 Å². The third kappa shape index (κ3) is 4.27. The number of hydrogen-bond acceptors (Lipinski definition) is 5. The molecule has 166 valence electrons. The second-order valence-corrected chi connectivity index (χ2v) is 11.0. The molecule has 1 aromatic heterocycles. The van der Waals surface area contributed by atoms with E-state index in [4.69, 9.17) is 0 Å². The van der Waals surface area contributed by atoms with Crippen LogP contribution in [0.25, 0.3) is 11.3 Å². The van der Waals surface area contributed by atoms with Gasteiger partial charge in [0.25, 0.3) is 0 Å². The fraction of sp³-hybridized carbons (Fsp3) is 0.320. The van der Waals surface area contributed by atoms with E-state index >= 15 is 0 Å². The zero-order valence-electron chi connectivity index (χ0n) is 18.0. The highest BCUT2D eigenvalue weighted by atomic mass is 32.2. The number of rotatable bonds is 4. The predicted octanol–water partition coefficient (Wildman–Crippen LogP) is 4.48. The summed E-state index contributed by atoms with van der Waals surface area (Å²) in [5.74, 6) is 0.242. The van der Waals surface area contributed by atoms with E-state index in [-0.39, 0.29) is 17.6 Å². The summed E-state index contributed by atoms with van der Waals surface area (Å²) in [6.45, 7) is 3.67. The van der Waals surface area contributed by atoms with Crippen molar-refractivity contribution in [2.24, 2.45) is 0 Å². The first-order valence-corrected chi connectivity index (χ1v) is 12.7. The van der Waals surface area contributed by atoms with Crippen LogP contribution in [-0.2, 0) is 22.8 Å². The zero-order valence-corrected chi connectivity index (χ0v) is 18.8. The Morgan fingerprint density at radius 1 is 1.16 bits per heavy atom. The van der Waals surface area contributed by atoms with Crippen LogP contribution in [0.5, 0.6) is 0 Å². The van der Waals surface area contributed by atoms with Crippen LogP contribution in [0.3, 0.4) is 0 Å². The fourth-order valence-corrected chi connectivity index (χ4v) is 6.55. The molecule has 1 unspecified atom stereocenters. The molecule has 3 heterocycles. The van der Waals surface area contributed by atoms with Gasteiger partial charge in [-0.05, 0) is 66.8 Å². The van der Waals surface area contributed by atoms with Crippen LogP contribution in [0.15, 0.2) is 54.7 Å². The molecule has 0 saturated carbocycles. The number of nitrogens with zero attached hydrogens (tertiary/aromatic N) is 2. The molecule has 1 fully saturated rings. The maximum absolute atomic E-state index is 13.3. The van der Waals surface area contributed by atoms with E-state index in [1.54, 1.807) is 6.07 Å². The van der Waals surface area contributed by atoms with Crippen LogP contribution in [-0.4, -0.2) is 42.4 Å². The van der Waals surface area contributed by atoms with Crippen LogP contribution in [0, 0.1) is 12.7 Å². The molecular formula is C25H26FN3O2S. The molecule has 7 heteroatoms. The monoisotopic (exact) mass is 451 g/mol. The van der Waals surface area contributed by atoms with E-state index < -0.39 is 9.84 Å². The van der Waals surface area contributed by atoms with Gasteiger partial charge in [-0.25, -0.2) is 12.8 Å². The first-order valence-electron chi connectivity index (χ1n) is 10.9. The molecule has 0 radical (unpaired) electrons. The van der Waals surface area contributed by atoms with Gasteiger partial charge in [0.15, 0.2) is 9.84 Å². The lowest BCUT2D eigenvalue weighted by Gasteiger charge is -2.34. The SMILES string of the molecule is Cc1ccc(Nc2cccc3c2CCN(C2CCS(=O)(=O)C2)C3)cc1-c1ccc(F)cn1. The second-order valence-electron chi connectivity index (χ2n) is 8.74. The van der Waals surface area contributed by atoms with Gasteiger partial charge in [0.05, 0.1) is 23.4 Å². The van der Waals surface area contributed by atoms with Gasteiger partial charge in [-0.1, -0.05) is 18.2 Å². The molecule has 2 aromatic carbocycles. The quantitative estimate of drug-likeness (QED) is 0.634. The number of aromatic nitrogens is 1. The number of hydrogen-bond donors (Lipinski definition) is 1. The Morgan fingerprint density at radius 2 is 2.03 bits per heavy atom. The molecule has 0 aliphatic carbocycles. The number of nitrogens with one attached hydrogen (secondary N) is 1. The molecule has 0 bridgehead atoms. The maximum Gasteiger partial charge on any atom is 0.151 e. The minimum absolute atomic E-state index is 0.132. The number of halogens is 1. The highest BCUT2D eigenvalue weighted by molar-refractivity contribution is 7.91. The van der Waals surface area contributed by atoms with E-state index in [0.717, 1.165) is 54.1 Å². The molecular weight excluding hydrogens is 425 g/mol. The molecule has 0 amide bonds. The average molecular weight is 452 g/mol. The fourth-order valence-electron chi connectivity index (χ4n) is 4.79. The van der Waals surface area contributed by atoms with Gasteiger partial charge in [-0.2, -0.15) is 0 Å². The topological polar surface area (TPSA) is 62.3 Å². The highest BCUT2D eigenvalue weighted by Gasteiger charge is 2.34. The smallest absolute Gasteiger partial charge is 0.151 e. The van der Waals surface area contributed by atoms with Gasteiger partial charge < -0.3 is 5.32 Å². The molecule has 32 heavy (non-hydrogen) atoms. The number of benzene rings is 2. The molecule has 2 aliphatic heterocycles. The zero-order chi connectivity index (χ0) is 22.3.